The summed E-state index contributed by atoms with van der Waals surface area (Å²) in [6.07, 6.45) is -0.679. The van der Waals surface area contributed by atoms with E-state index in [1.54, 1.807) is 14.2 Å². The fraction of sp³-hybridized carbons (Fsp3) is 0.333. The largest absolute Gasteiger partial charge is 0.497 e. The Morgan fingerprint density at radius 3 is 2.06 bits per heavy atom. The Morgan fingerprint density at radius 2 is 1.42 bits per heavy atom. The number of benzene rings is 3. The third-order valence-electron chi connectivity index (χ3n) is 6.26. The predicted octanol–water partition coefficient (Wildman–Crippen LogP) is 4.72. The van der Waals surface area contributed by atoms with Crippen LogP contribution in [0.4, 0.5) is 0 Å². The van der Waals surface area contributed by atoms with Gasteiger partial charge in [-0.05, 0) is 29.3 Å². The molecule has 5 nitrogen and oxygen atoms in total. The van der Waals surface area contributed by atoms with Crippen LogP contribution in [0.25, 0.3) is 0 Å². The zero-order valence-electron chi connectivity index (χ0n) is 19.3. The minimum Gasteiger partial charge on any atom is -0.497 e. The fourth-order valence-corrected chi connectivity index (χ4v) is 4.51. The summed E-state index contributed by atoms with van der Waals surface area (Å²) in [5.41, 5.74) is 3.23. The molecule has 2 unspecified atom stereocenters. The van der Waals surface area contributed by atoms with Crippen LogP contribution in [0.3, 0.4) is 0 Å². The molecule has 3 aromatic rings. The lowest BCUT2D eigenvalue weighted by Gasteiger charge is -2.41. The number of rotatable bonds is 8. The Hall–Kier alpha value is -2.57. The number of piperazine rings is 1. The van der Waals surface area contributed by atoms with Crippen LogP contribution in [0.5, 0.6) is 11.5 Å². The monoisotopic (exact) mass is 468 g/mol. The highest BCUT2D eigenvalue weighted by Crippen LogP contribution is 2.38. The molecular formula is C27H33ClN2O3. The second-order valence-electron chi connectivity index (χ2n) is 8.20. The number of halogens is 1. The number of methoxy groups -OCH3 is 2. The van der Waals surface area contributed by atoms with Gasteiger partial charge < -0.3 is 14.6 Å². The number of para-hydroxylation sites is 1. The molecule has 3 aromatic carbocycles. The standard InChI is InChI=1S/C27H32N2O3.ClH/c1-31-23-14-12-21(13-15-23)20-28-16-18-29(19-17-28)26(22-8-4-3-5-9-22)27(30)24-10-6-7-11-25(24)32-2;/h3-15,26-27,30H,16-20H2,1-2H3;1H. The summed E-state index contributed by atoms with van der Waals surface area (Å²) in [5.74, 6) is 1.61. The molecule has 4 rings (SSSR count). The number of hydrogen-bond donors (Lipinski definition) is 1. The lowest BCUT2D eigenvalue weighted by Crippen LogP contribution is -2.48. The van der Waals surface area contributed by atoms with Crippen molar-refractivity contribution in [3.63, 3.8) is 0 Å². The van der Waals surface area contributed by atoms with Crippen LogP contribution in [0.15, 0.2) is 78.9 Å². The SMILES string of the molecule is COc1ccc(CN2CCN(C(c3ccccc3)C(O)c3ccccc3OC)CC2)cc1.Cl. The van der Waals surface area contributed by atoms with Crippen molar-refractivity contribution in [2.45, 2.75) is 18.7 Å². The molecule has 1 aliphatic heterocycles. The molecule has 0 amide bonds. The maximum Gasteiger partial charge on any atom is 0.124 e. The summed E-state index contributed by atoms with van der Waals surface area (Å²) >= 11 is 0. The van der Waals surface area contributed by atoms with E-state index in [0.717, 1.165) is 55.3 Å². The minimum atomic E-state index is -0.679. The molecule has 1 fully saturated rings. The predicted molar refractivity (Wildman–Crippen MR) is 134 cm³/mol. The third kappa shape index (κ3) is 6.06. The van der Waals surface area contributed by atoms with Crippen LogP contribution >= 0.6 is 12.4 Å². The summed E-state index contributed by atoms with van der Waals surface area (Å²) in [5, 5.41) is 11.5. The lowest BCUT2D eigenvalue weighted by atomic mass is 9.93. The third-order valence-corrected chi connectivity index (χ3v) is 6.26. The Labute approximate surface area is 203 Å². The van der Waals surface area contributed by atoms with E-state index < -0.39 is 6.10 Å². The molecule has 176 valence electrons. The zero-order chi connectivity index (χ0) is 22.3. The van der Waals surface area contributed by atoms with Crippen LogP contribution in [-0.2, 0) is 6.54 Å². The van der Waals surface area contributed by atoms with Gasteiger partial charge in [0.25, 0.3) is 0 Å². The van der Waals surface area contributed by atoms with Crippen molar-refractivity contribution in [3.05, 3.63) is 95.6 Å². The highest BCUT2D eigenvalue weighted by molar-refractivity contribution is 5.85. The maximum absolute atomic E-state index is 11.5. The first-order valence-corrected chi connectivity index (χ1v) is 11.1. The molecule has 1 saturated heterocycles. The van der Waals surface area contributed by atoms with E-state index in [1.807, 2.05) is 54.6 Å². The van der Waals surface area contributed by atoms with Gasteiger partial charge in [0.2, 0.25) is 0 Å². The van der Waals surface area contributed by atoms with Crippen molar-refractivity contribution in [3.8, 4) is 11.5 Å². The van der Waals surface area contributed by atoms with Gasteiger partial charge in [-0.3, -0.25) is 9.80 Å². The van der Waals surface area contributed by atoms with Crippen LogP contribution in [0.1, 0.15) is 28.8 Å². The van der Waals surface area contributed by atoms with E-state index in [9.17, 15) is 5.11 Å². The summed E-state index contributed by atoms with van der Waals surface area (Å²) < 4.78 is 10.8. The normalized spacial score (nSPS) is 16.5. The smallest absolute Gasteiger partial charge is 0.124 e. The number of aliphatic hydroxyl groups excluding tert-OH is 1. The lowest BCUT2D eigenvalue weighted by molar-refractivity contribution is 0.0139. The van der Waals surface area contributed by atoms with Crippen LogP contribution in [0.2, 0.25) is 0 Å². The highest BCUT2D eigenvalue weighted by Gasteiger charge is 2.32. The second-order valence-corrected chi connectivity index (χ2v) is 8.20. The molecule has 0 radical (unpaired) electrons. The van der Waals surface area contributed by atoms with Crippen molar-refractivity contribution < 1.29 is 14.6 Å². The second kappa shape index (κ2) is 12.1. The average Bonchev–Trinajstić information content (AvgIpc) is 2.86. The Morgan fingerprint density at radius 1 is 0.788 bits per heavy atom. The van der Waals surface area contributed by atoms with Crippen molar-refractivity contribution in [2.24, 2.45) is 0 Å². The van der Waals surface area contributed by atoms with Gasteiger partial charge in [-0.2, -0.15) is 0 Å². The van der Waals surface area contributed by atoms with E-state index >= 15 is 0 Å². The van der Waals surface area contributed by atoms with E-state index in [0.29, 0.717) is 0 Å². The Balaban J connectivity index is 0.00000306. The van der Waals surface area contributed by atoms with Crippen LogP contribution < -0.4 is 9.47 Å². The number of nitrogens with zero attached hydrogens (tertiary/aromatic N) is 2. The first kappa shape index (κ1) is 25.1. The van der Waals surface area contributed by atoms with E-state index in [1.165, 1.54) is 5.56 Å². The van der Waals surface area contributed by atoms with Crippen molar-refractivity contribution in [2.75, 3.05) is 40.4 Å². The molecule has 33 heavy (non-hydrogen) atoms. The molecule has 0 saturated carbocycles. The average molecular weight is 469 g/mol. The summed E-state index contributed by atoms with van der Waals surface area (Å²) in [6, 6.07) is 26.2. The van der Waals surface area contributed by atoms with Gasteiger partial charge in [-0.25, -0.2) is 0 Å². The first-order chi connectivity index (χ1) is 15.7. The highest BCUT2D eigenvalue weighted by atomic mass is 35.5. The van der Waals surface area contributed by atoms with Gasteiger partial charge in [-0.1, -0.05) is 60.7 Å². The van der Waals surface area contributed by atoms with E-state index in [4.69, 9.17) is 9.47 Å². The van der Waals surface area contributed by atoms with Crippen LogP contribution in [-0.4, -0.2) is 55.3 Å². The molecular weight excluding hydrogens is 436 g/mol. The number of ether oxygens (including phenoxy) is 2. The molecule has 0 aliphatic carbocycles. The molecule has 1 aliphatic rings. The zero-order valence-corrected chi connectivity index (χ0v) is 20.1. The quantitative estimate of drug-likeness (QED) is 0.518. The molecule has 1 N–H and O–H groups in total. The van der Waals surface area contributed by atoms with Gasteiger partial charge in [-0.15, -0.1) is 12.4 Å². The topological polar surface area (TPSA) is 45.2 Å². The van der Waals surface area contributed by atoms with Gasteiger partial charge in [0.05, 0.1) is 20.3 Å². The van der Waals surface area contributed by atoms with Crippen molar-refractivity contribution >= 4 is 12.4 Å². The van der Waals surface area contributed by atoms with Crippen molar-refractivity contribution in [1.82, 2.24) is 9.80 Å². The molecule has 0 spiro atoms. The van der Waals surface area contributed by atoms with Gasteiger partial charge in [0.15, 0.2) is 0 Å². The maximum atomic E-state index is 11.5. The molecule has 0 bridgehead atoms. The van der Waals surface area contributed by atoms with E-state index in [2.05, 4.69) is 34.1 Å². The summed E-state index contributed by atoms with van der Waals surface area (Å²) in [7, 11) is 3.35. The van der Waals surface area contributed by atoms with Crippen LogP contribution in [0, 0.1) is 0 Å². The number of aliphatic hydroxyl groups is 1. The van der Waals surface area contributed by atoms with Gasteiger partial charge in [0, 0.05) is 38.3 Å². The summed E-state index contributed by atoms with van der Waals surface area (Å²) in [4.78, 5) is 4.87. The number of hydrogen-bond acceptors (Lipinski definition) is 5. The molecule has 1 heterocycles. The minimum absolute atomic E-state index is 0. The van der Waals surface area contributed by atoms with Gasteiger partial charge in [0.1, 0.15) is 17.6 Å². The summed E-state index contributed by atoms with van der Waals surface area (Å²) in [6.45, 7) is 4.61. The molecule has 6 heteroatoms. The Kier molecular flexibility index (Phi) is 9.15. The fourth-order valence-electron chi connectivity index (χ4n) is 4.51. The first-order valence-electron chi connectivity index (χ1n) is 11.1. The van der Waals surface area contributed by atoms with Gasteiger partial charge >= 0.3 is 0 Å². The molecule has 2 atom stereocenters. The molecule has 0 aromatic heterocycles. The van der Waals surface area contributed by atoms with E-state index in [-0.39, 0.29) is 18.4 Å². The Bertz CT molecular complexity index is 976. The van der Waals surface area contributed by atoms with Crippen molar-refractivity contribution in [1.29, 1.82) is 0 Å².